The minimum atomic E-state index is -0.846. The van der Waals surface area contributed by atoms with Gasteiger partial charge in [0.2, 0.25) is 0 Å². The highest BCUT2D eigenvalue weighted by Crippen LogP contribution is 2.53. The molecule has 0 saturated heterocycles. The van der Waals surface area contributed by atoms with Gasteiger partial charge in [-0.15, -0.1) is 0 Å². The van der Waals surface area contributed by atoms with E-state index in [1.807, 2.05) is 42.5 Å². The number of rotatable bonds is 4. The molecule has 26 heavy (non-hydrogen) atoms. The topological polar surface area (TPSA) is 58.7 Å². The van der Waals surface area contributed by atoms with E-state index in [0.29, 0.717) is 11.0 Å². The van der Waals surface area contributed by atoms with Gasteiger partial charge in [-0.3, -0.25) is 9.69 Å². The van der Waals surface area contributed by atoms with Gasteiger partial charge in [-0.2, -0.15) is 0 Å². The Bertz CT molecular complexity index is 932. The second-order valence-corrected chi connectivity index (χ2v) is 7.94. The third-order valence-electron chi connectivity index (χ3n) is 5.62. The lowest BCUT2D eigenvalue weighted by molar-refractivity contribution is -0.132. The fourth-order valence-electron chi connectivity index (χ4n) is 4.05. The summed E-state index contributed by atoms with van der Waals surface area (Å²) >= 11 is 6.15. The maximum absolute atomic E-state index is 13.4. The van der Waals surface area contributed by atoms with Crippen LogP contribution in [0.1, 0.15) is 31.2 Å². The van der Waals surface area contributed by atoms with Crippen LogP contribution in [0.25, 0.3) is 11.1 Å². The van der Waals surface area contributed by atoms with Crippen LogP contribution in [0.2, 0.25) is 5.02 Å². The molecule has 3 aliphatic rings. The van der Waals surface area contributed by atoms with E-state index in [0.717, 1.165) is 42.4 Å². The Morgan fingerprint density at radius 1 is 1.04 bits per heavy atom. The molecule has 2 aliphatic carbocycles. The molecule has 1 aliphatic heterocycles. The smallest absolute Gasteiger partial charge is 0.262 e. The molecule has 5 rings (SSSR count). The van der Waals surface area contributed by atoms with Crippen molar-refractivity contribution in [2.75, 3.05) is 0 Å². The molecule has 1 amide bonds. The summed E-state index contributed by atoms with van der Waals surface area (Å²) in [5.74, 6) is 0.688. The second kappa shape index (κ2) is 5.58. The summed E-state index contributed by atoms with van der Waals surface area (Å²) in [5.41, 5.74) is 8.36. The van der Waals surface area contributed by atoms with E-state index in [-0.39, 0.29) is 17.9 Å². The molecule has 132 valence electrons. The quantitative estimate of drug-likeness (QED) is 0.892. The molecule has 2 fully saturated rings. The Hall–Kier alpha value is -2.33. The summed E-state index contributed by atoms with van der Waals surface area (Å²) in [6.45, 7) is 0. The van der Waals surface area contributed by atoms with Crippen molar-refractivity contribution >= 4 is 23.5 Å². The van der Waals surface area contributed by atoms with Crippen LogP contribution >= 0.6 is 11.6 Å². The van der Waals surface area contributed by atoms with Gasteiger partial charge in [-0.05, 0) is 66.5 Å². The van der Waals surface area contributed by atoms with Gasteiger partial charge in [0, 0.05) is 11.1 Å². The van der Waals surface area contributed by atoms with E-state index in [2.05, 4.69) is 6.07 Å². The average molecular weight is 366 g/mol. The number of amides is 1. The van der Waals surface area contributed by atoms with Crippen LogP contribution in [-0.2, 0) is 10.3 Å². The normalized spacial score (nSPS) is 25.5. The highest BCUT2D eigenvalue weighted by atomic mass is 35.5. The molecule has 1 heterocycles. The summed E-state index contributed by atoms with van der Waals surface area (Å²) in [6.07, 6.45) is 4.07. The first-order valence-electron chi connectivity index (χ1n) is 9.15. The molecule has 2 N–H and O–H groups in total. The number of aliphatic imine (C=N–C) groups is 1. The van der Waals surface area contributed by atoms with Gasteiger partial charge >= 0.3 is 0 Å². The first-order valence-corrected chi connectivity index (χ1v) is 9.53. The van der Waals surface area contributed by atoms with Crippen molar-refractivity contribution in [2.45, 2.75) is 37.3 Å². The monoisotopic (exact) mass is 365 g/mol. The van der Waals surface area contributed by atoms with E-state index in [4.69, 9.17) is 22.3 Å². The zero-order chi connectivity index (χ0) is 17.9. The Morgan fingerprint density at radius 2 is 1.73 bits per heavy atom. The summed E-state index contributed by atoms with van der Waals surface area (Å²) in [6, 6.07) is 16.1. The first-order chi connectivity index (χ1) is 12.6. The molecule has 0 radical (unpaired) electrons. The van der Waals surface area contributed by atoms with Crippen molar-refractivity contribution in [1.29, 1.82) is 0 Å². The van der Waals surface area contributed by atoms with Crippen molar-refractivity contribution in [2.24, 2.45) is 16.6 Å². The Balaban J connectivity index is 1.61. The summed E-state index contributed by atoms with van der Waals surface area (Å²) in [5, 5.41) is 0.698. The molecule has 1 atom stereocenters. The molecule has 0 aromatic heterocycles. The third kappa shape index (κ3) is 2.36. The Morgan fingerprint density at radius 3 is 2.38 bits per heavy atom. The lowest BCUT2D eigenvalue weighted by Crippen LogP contribution is -2.45. The fraction of sp³-hybridized carbons (Fsp3) is 0.333. The summed E-state index contributed by atoms with van der Waals surface area (Å²) < 4.78 is 0. The van der Waals surface area contributed by atoms with E-state index in [9.17, 15) is 4.79 Å². The van der Waals surface area contributed by atoms with Crippen molar-refractivity contribution in [1.82, 2.24) is 4.90 Å². The Labute approximate surface area is 157 Å². The van der Waals surface area contributed by atoms with Crippen LogP contribution in [0.4, 0.5) is 0 Å². The van der Waals surface area contributed by atoms with Crippen molar-refractivity contribution in [3.8, 4) is 11.1 Å². The van der Waals surface area contributed by atoms with Crippen LogP contribution < -0.4 is 5.73 Å². The highest BCUT2D eigenvalue weighted by molar-refractivity contribution is 6.30. The lowest BCUT2D eigenvalue weighted by Gasteiger charge is -2.27. The molecule has 0 spiro atoms. The van der Waals surface area contributed by atoms with E-state index in [1.165, 1.54) is 0 Å². The minimum absolute atomic E-state index is 0.0586. The predicted octanol–water partition coefficient (Wildman–Crippen LogP) is 3.93. The SMILES string of the molecule is NC1=NC(c2cccc(-c3cccc(Cl)c3)c2)(C2CC2)C(=O)N1C1CC1. The average Bonchev–Trinajstić information content (AvgIpc) is 3.54. The largest absolute Gasteiger partial charge is 0.369 e. The highest BCUT2D eigenvalue weighted by Gasteiger charge is 2.60. The second-order valence-electron chi connectivity index (χ2n) is 7.51. The predicted molar refractivity (Wildman–Crippen MR) is 103 cm³/mol. The van der Waals surface area contributed by atoms with Gasteiger partial charge < -0.3 is 5.73 Å². The number of guanidine groups is 1. The lowest BCUT2D eigenvalue weighted by atomic mass is 9.83. The first kappa shape index (κ1) is 15.9. The van der Waals surface area contributed by atoms with Gasteiger partial charge in [-0.25, -0.2) is 4.99 Å². The molecule has 0 bridgehead atoms. The number of benzene rings is 2. The molecule has 5 heteroatoms. The fourth-order valence-corrected chi connectivity index (χ4v) is 4.24. The third-order valence-corrected chi connectivity index (χ3v) is 5.86. The summed E-state index contributed by atoms with van der Waals surface area (Å²) in [4.78, 5) is 19.9. The maximum Gasteiger partial charge on any atom is 0.262 e. The number of hydrogen-bond acceptors (Lipinski definition) is 3. The van der Waals surface area contributed by atoms with E-state index < -0.39 is 5.54 Å². The molecular weight excluding hydrogens is 346 g/mol. The zero-order valence-corrected chi connectivity index (χ0v) is 15.1. The van der Waals surface area contributed by atoms with Crippen molar-refractivity contribution in [3.63, 3.8) is 0 Å². The Kier molecular flexibility index (Phi) is 3.41. The summed E-state index contributed by atoms with van der Waals surface area (Å²) in [7, 11) is 0. The van der Waals surface area contributed by atoms with Crippen LogP contribution in [-0.4, -0.2) is 22.8 Å². The number of halogens is 1. The van der Waals surface area contributed by atoms with Gasteiger partial charge in [0.05, 0.1) is 0 Å². The standard InChI is InChI=1S/C21H20ClN3O/c22-17-6-2-4-14(12-17)13-3-1-5-16(11-13)21(15-7-8-15)19(26)25(18-9-10-18)20(23)24-21/h1-6,11-12,15,18H,7-10H2,(H2,23,24). The van der Waals surface area contributed by atoms with Gasteiger partial charge in [0.25, 0.3) is 5.91 Å². The molecule has 1 unspecified atom stereocenters. The van der Waals surface area contributed by atoms with E-state index >= 15 is 0 Å². The van der Waals surface area contributed by atoms with Gasteiger partial charge in [-0.1, -0.05) is 41.9 Å². The molecule has 2 aromatic carbocycles. The van der Waals surface area contributed by atoms with Crippen molar-refractivity contribution in [3.05, 3.63) is 59.1 Å². The van der Waals surface area contributed by atoms with Gasteiger partial charge in [0.15, 0.2) is 11.5 Å². The number of carbonyl (C=O) groups excluding carboxylic acids is 1. The van der Waals surface area contributed by atoms with Crippen LogP contribution in [0.15, 0.2) is 53.5 Å². The van der Waals surface area contributed by atoms with Crippen LogP contribution in [0, 0.1) is 5.92 Å². The minimum Gasteiger partial charge on any atom is -0.369 e. The molecular formula is C21H20ClN3O. The number of nitrogens with zero attached hydrogens (tertiary/aromatic N) is 2. The molecule has 4 nitrogen and oxygen atoms in total. The van der Waals surface area contributed by atoms with E-state index in [1.54, 1.807) is 4.90 Å². The molecule has 2 aromatic rings. The number of hydrogen-bond donors (Lipinski definition) is 1. The maximum atomic E-state index is 13.4. The van der Waals surface area contributed by atoms with Crippen molar-refractivity contribution < 1.29 is 4.79 Å². The van der Waals surface area contributed by atoms with Crippen LogP contribution in [0.5, 0.6) is 0 Å². The van der Waals surface area contributed by atoms with Crippen LogP contribution in [0.3, 0.4) is 0 Å². The van der Waals surface area contributed by atoms with Gasteiger partial charge in [0.1, 0.15) is 0 Å². The zero-order valence-electron chi connectivity index (χ0n) is 14.4. The number of carbonyl (C=O) groups is 1. The number of nitrogens with two attached hydrogens (primary N) is 1. The molecule has 2 saturated carbocycles.